The van der Waals surface area contributed by atoms with Crippen molar-refractivity contribution in [2.45, 2.75) is 50.5 Å². The van der Waals surface area contributed by atoms with Crippen LogP contribution in [0.15, 0.2) is 20.8 Å². The van der Waals surface area contributed by atoms with E-state index in [9.17, 15) is 19.5 Å². The van der Waals surface area contributed by atoms with Crippen molar-refractivity contribution in [2.75, 3.05) is 13.2 Å². The quantitative estimate of drug-likeness (QED) is 0.374. The summed E-state index contributed by atoms with van der Waals surface area (Å²) in [5, 5.41) is 10.2. The van der Waals surface area contributed by atoms with Gasteiger partial charge in [0.1, 0.15) is 18.9 Å². The van der Waals surface area contributed by atoms with Gasteiger partial charge in [-0.2, -0.15) is 0 Å². The summed E-state index contributed by atoms with van der Waals surface area (Å²) in [6.07, 6.45) is 3.30. The summed E-state index contributed by atoms with van der Waals surface area (Å²) in [7, 11) is 0. The van der Waals surface area contributed by atoms with Gasteiger partial charge in [0.2, 0.25) is 0 Å². The van der Waals surface area contributed by atoms with Crippen molar-refractivity contribution in [3.05, 3.63) is 37.6 Å². The lowest BCUT2D eigenvalue weighted by atomic mass is 10.2. The third-order valence-corrected chi connectivity index (χ3v) is 4.51. The number of aliphatic hydroxyl groups is 1. The maximum absolute atomic E-state index is 12.1. The summed E-state index contributed by atoms with van der Waals surface area (Å²) in [4.78, 5) is 39.2. The highest BCUT2D eigenvalue weighted by atomic mass is 79.9. The highest BCUT2D eigenvalue weighted by Crippen LogP contribution is 2.28. The molecule has 150 valence electrons. The van der Waals surface area contributed by atoms with Gasteiger partial charge >= 0.3 is 11.7 Å². The zero-order valence-electron chi connectivity index (χ0n) is 14.8. The van der Waals surface area contributed by atoms with E-state index in [1.54, 1.807) is 0 Å². The number of aromatic nitrogens is 2. The summed E-state index contributed by atoms with van der Waals surface area (Å²) in [6.45, 7) is 0.495. The molecule has 3 atom stereocenters. The first kappa shape index (κ1) is 21.5. The van der Waals surface area contributed by atoms with Crippen molar-refractivity contribution in [3.8, 4) is 0 Å². The number of carbonyl (C=O) groups excluding carboxylic acids is 1. The molecule has 1 saturated heterocycles. The summed E-state index contributed by atoms with van der Waals surface area (Å²) in [5.74, 6) is -0.364. The summed E-state index contributed by atoms with van der Waals surface area (Å²) >= 11 is 3.08. The number of nitrogens with two attached hydrogens (primary N) is 1. The smallest absolute Gasteiger partial charge is 0.330 e. The minimum Gasteiger partial charge on any atom is -0.463 e. The molecule has 0 amide bonds. The highest BCUT2D eigenvalue weighted by molar-refractivity contribution is 9.11. The molecule has 9 nitrogen and oxygen atoms in total. The van der Waals surface area contributed by atoms with Crippen LogP contribution in [0, 0.1) is 0 Å². The monoisotopic (exact) mass is 445 g/mol. The first-order chi connectivity index (χ1) is 13.0. The average Bonchev–Trinajstić information content (AvgIpc) is 3.00. The first-order valence-electron chi connectivity index (χ1n) is 8.77. The number of halogens is 1. The fourth-order valence-corrected chi connectivity index (χ4v) is 3.06. The molecule has 10 heteroatoms. The second-order valence-electron chi connectivity index (χ2n) is 6.26. The van der Waals surface area contributed by atoms with Crippen molar-refractivity contribution < 1.29 is 19.4 Å². The van der Waals surface area contributed by atoms with Crippen LogP contribution in [0.4, 0.5) is 0 Å². The third-order valence-electron chi connectivity index (χ3n) is 4.25. The molecule has 0 aromatic carbocycles. The van der Waals surface area contributed by atoms with Crippen LogP contribution in [-0.4, -0.2) is 46.0 Å². The van der Waals surface area contributed by atoms with E-state index in [0.29, 0.717) is 13.0 Å². The number of unbranched alkanes of at least 4 members (excludes halogenated alkanes) is 2. The number of H-pyrrole nitrogens is 1. The molecule has 0 spiro atoms. The third kappa shape index (κ3) is 6.13. The fraction of sp³-hybridized carbons (Fsp3) is 0.588. The van der Waals surface area contributed by atoms with Crippen molar-refractivity contribution in [2.24, 2.45) is 5.73 Å². The molecule has 0 aliphatic carbocycles. The van der Waals surface area contributed by atoms with Crippen LogP contribution in [0.3, 0.4) is 0 Å². The summed E-state index contributed by atoms with van der Waals surface area (Å²) in [5.41, 5.74) is 4.50. The molecular formula is C17H24BrN3O6. The number of aromatic amines is 1. The number of esters is 1. The number of rotatable bonds is 9. The van der Waals surface area contributed by atoms with Crippen molar-refractivity contribution in [1.29, 1.82) is 0 Å². The van der Waals surface area contributed by atoms with Gasteiger partial charge in [0.15, 0.2) is 0 Å². The lowest BCUT2D eigenvalue weighted by molar-refractivity contribution is -0.150. The molecule has 1 fully saturated rings. The Kier molecular flexibility index (Phi) is 8.42. The van der Waals surface area contributed by atoms with E-state index >= 15 is 0 Å². The number of aliphatic hydroxyl groups excluding tert-OH is 1. The topological polar surface area (TPSA) is 137 Å². The van der Waals surface area contributed by atoms with Crippen molar-refractivity contribution in [1.82, 2.24) is 9.55 Å². The Bertz CT molecular complexity index is 775. The van der Waals surface area contributed by atoms with Crippen LogP contribution < -0.4 is 17.0 Å². The van der Waals surface area contributed by atoms with Gasteiger partial charge in [-0.3, -0.25) is 19.1 Å². The minimum atomic E-state index is -0.894. The van der Waals surface area contributed by atoms with Crippen molar-refractivity contribution in [3.63, 3.8) is 0 Å². The standard InChI is InChI=1S/C17H24BrN3O6/c18-6-5-11-9-21(17(25)20-16(11)24)14-8-12(22)13(27-14)10-26-15(23)4-2-1-3-7-19/h5-6,9,12-14,22H,1-4,7-8,10,19H2,(H,20,24,25)/b6-5+/t12-,13+,14+/m0/s1. The van der Waals surface area contributed by atoms with Gasteiger partial charge in [-0.25, -0.2) is 4.79 Å². The van der Waals surface area contributed by atoms with Crippen LogP contribution in [0.2, 0.25) is 0 Å². The maximum Gasteiger partial charge on any atom is 0.330 e. The number of nitrogens with one attached hydrogen (secondary N) is 1. The van der Waals surface area contributed by atoms with Crippen LogP contribution in [-0.2, 0) is 14.3 Å². The molecule has 0 radical (unpaired) electrons. The van der Waals surface area contributed by atoms with E-state index in [0.717, 1.165) is 12.8 Å². The lowest BCUT2D eigenvalue weighted by Gasteiger charge is -2.16. The zero-order valence-corrected chi connectivity index (χ0v) is 16.4. The van der Waals surface area contributed by atoms with E-state index in [4.69, 9.17) is 15.2 Å². The summed E-state index contributed by atoms with van der Waals surface area (Å²) in [6, 6.07) is 0. The van der Waals surface area contributed by atoms with Crippen LogP contribution in [0.1, 0.15) is 43.9 Å². The second kappa shape index (κ2) is 10.5. The molecule has 2 rings (SSSR count). The molecule has 1 aliphatic rings. The van der Waals surface area contributed by atoms with Crippen LogP contribution >= 0.6 is 15.9 Å². The van der Waals surface area contributed by atoms with Crippen LogP contribution in [0.25, 0.3) is 6.08 Å². The number of hydrogen-bond acceptors (Lipinski definition) is 7. The minimum absolute atomic E-state index is 0.0976. The molecule has 1 aromatic heterocycles. The highest BCUT2D eigenvalue weighted by Gasteiger charge is 2.36. The Morgan fingerprint density at radius 1 is 1.44 bits per heavy atom. The van der Waals surface area contributed by atoms with Crippen LogP contribution in [0.5, 0.6) is 0 Å². The number of carbonyl (C=O) groups is 1. The van der Waals surface area contributed by atoms with E-state index in [1.807, 2.05) is 0 Å². The number of hydrogen-bond donors (Lipinski definition) is 3. The molecule has 4 N–H and O–H groups in total. The Morgan fingerprint density at radius 3 is 2.93 bits per heavy atom. The predicted octanol–water partition coefficient (Wildman–Crippen LogP) is 0.613. The van der Waals surface area contributed by atoms with Gasteiger partial charge in [-0.15, -0.1) is 0 Å². The average molecular weight is 446 g/mol. The molecule has 0 bridgehead atoms. The van der Waals surface area contributed by atoms with Gasteiger partial charge in [-0.1, -0.05) is 22.4 Å². The fourth-order valence-electron chi connectivity index (χ4n) is 2.78. The Morgan fingerprint density at radius 2 is 2.22 bits per heavy atom. The van der Waals surface area contributed by atoms with Gasteiger partial charge in [0.05, 0.1) is 11.7 Å². The Labute approximate surface area is 164 Å². The molecule has 0 unspecified atom stereocenters. The van der Waals surface area contributed by atoms with Gasteiger partial charge < -0.3 is 20.3 Å². The molecule has 2 heterocycles. The van der Waals surface area contributed by atoms with Gasteiger partial charge in [-0.05, 0) is 30.4 Å². The van der Waals surface area contributed by atoms with E-state index < -0.39 is 29.7 Å². The number of ether oxygens (including phenoxy) is 2. The summed E-state index contributed by atoms with van der Waals surface area (Å²) < 4.78 is 12.0. The van der Waals surface area contributed by atoms with Gasteiger partial charge in [0.25, 0.3) is 5.56 Å². The van der Waals surface area contributed by atoms with Crippen molar-refractivity contribution >= 4 is 28.0 Å². The maximum atomic E-state index is 12.1. The van der Waals surface area contributed by atoms with E-state index in [2.05, 4.69) is 20.9 Å². The van der Waals surface area contributed by atoms with Gasteiger partial charge in [0, 0.05) is 19.0 Å². The lowest BCUT2D eigenvalue weighted by Crippen LogP contribution is -2.33. The largest absolute Gasteiger partial charge is 0.463 e. The molecular weight excluding hydrogens is 422 g/mol. The predicted molar refractivity (Wildman–Crippen MR) is 102 cm³/mol. The molecule has 27 heavy (non-hydrogen) atoms. The zero-order chi connectivity index (χ0) is 19.8. The Hall–Kier alpha value is -1.75. The van der Waals surface area contributed by atoms with E-state index in [1.165, 1.54) is 21.8 Å². The second-order valence-corrected chi connectivity index (χ2v) is 6.79. The normalized spacial score (nSPS) is 22.4. The SMILES string of the molecule is NCCCCCC(=O)OC[C@H]1O[C@@H](n2cc(/C=C/Br)c(=O)[nH]c2=O)C[C@@H]1O. The Balaban J connectivity index is 1.94. The molecule has 1 aromatic rings. The molecule has 1 aliphatic heterocycles. The van der Waals surface area contributed by atoms with E-state index in [-0.39, 0.29) is 31.0 Å². The number of nitrogens with zero attached hydrogens (tertiary/aromatic N) is 1. The molecule has 0 saturated carbocycles. The first-order valence-corrected chi connectivity index (χ1v) is 9.69.